The van der Waals surface area contributed by atoms with Crippen LogP contribution in [0.3, 0.4) is 0 Å². The number of rotatable bonds is 2. The lowest BCUT2D eigenvalue weighted by atomic mass is 10.1. The second-order valence-corrected chi connectivity index (χ2v) is 3.14. The van der Waals surface area contributed by atoms with Gasteiger partial charge in [0.1, 0.15) is 0 Å². The molecule has 0 radical (unpaired) electrons. The van der Waals surface area contributed by atoms with Gasteiger partial charge in [-0.25, -0.2) is 4.79 Å². The summed E-state index contributed by atoms with van der Waals surface area (Å²) in [5.74, 6) is -4.93. The molecular weight excluding hydrogens is 247 g/mol. The fourth-order valence-corrected chi connectivity index (χ4v) is 1.07. The standard InChI is InChI=1S/C9H7F5N2O/c10-8(11,9(12,13)14)5-1-3-6(4-2-5)16-7(15)17/h1-4H,(H3,15,16,17). The van der Waals surface area contributed by atoms with Crippen LogP contribution in [-0.4, -0.2) is 12.2 Å². The van der Waals surface area contributed by atoms with E-state index in [2.05, 4.69) is 0 Å². The van der Waals surface area contributed by atoms with Crippen LogP contribution in [0.4, 0.5) is 32.4 Å². The van der Waals surface area contributed by atoms with Crippen molar-refractivity contribution in [2.24, 2.45) is 5.73 Å². The first-order chi connectivity index (χ1) is 7.64. The summed E-state index contributed by atoms with van der Waals surface area (Å²) in [6, 6.07) is 2.00. The van der Waals surface area contributed by atoms with Gasteiger partial charge in [0.2, 0.25) is 0 Å². The summed E-state index contributed by atoms with van der Waals surface area (Å²) < 4.78 is 61.6. The van der Waals surface area contributed by atoms with Crippen LogP contribution in [0.1, 0.15) is 5.56 Å². The van der Waals surface area contributed by atoms with E-state index in [9.17, 15) is 26.7 Å². The van der Waals surface area contributed by atoms with Gasteiger partial charge in [-0.2, -0.15) is 22.0 Å². The Morgan fingerprint density at radius 1 is 1.06 bits per heavy atom. The molecule has 0 saturated carbocycles. The smallest absolute Gasteiger partial charge is 0.351 e. The second kappa shape index (κ2) is 4.19. The Morgan fingerprint density at radius 3 is 1.88 bits per heavy atom. The number of carbonyl (C=O) groups is 1. The number of carbonyl (C=O) groups excluding carboxylic acids is 1. The molecule has 0 aliphatic heterocycles. The molecule has 0 spiro atoms. The highest BCUT2D eigenvalue weighted by molar-refractivity contribution is 5.87. The Hall–Kier alpha value is -1.86. The molecule has 0 bridgehead atoms. The van der Waals surface area contributed by atoms with E-state index >= 15 is 0 Å². The molecule has 0 aliphatic carbocycles. The molecule has 0 saturated heterocycles. The number of nitrogens with two attached hydrogens (primary N) is 1. The average Bonchev–Trinajstić information content (AvgIpc) is 2.15. The lowest BCUT2D eigenvalue weighted by Gasteiger charge is -2.19. The third-order valence-corrected chi connectivity index (χ3v) is 1.87. The predicted octanol–water partition coefficient (Wildman–Crippen LogP) is 2.83. The molecule has 3 N–H and O–H groups in total. The zero-order valence-corrected chi connectivity index (χ0v) is 8.18. The van der Waals surface area contributed by atoms with Crippen molar-refractivity contribution in [3.05, 3.63) is 29.8 Å². The van der Waals surface area contributed by atoms with E-state index in [4.69, 9.17) is 5.73 Å². The van der Waals surface area contributed by atoms with Gasteiger partial charge in [0.25, 0.3) is 0 Å². The van der Waals surface area contributed by atoms with Gasteiger partial charge in [-0.3, -0.25) is 0 Å². The molecule has 2 amide bonds. The van der Waals surface area contributed by atoms with E-state index in [1.165, 1.54) is 0 Å². The largest absolute Gasteiger partial charge is 0.458 e. The summed E-state index contributed by atoms with van der Waals surface area (Å²) in [6.07, 6.45) is -5.66. The summed E-state index contributed by atoms with van der Waals surface area (Å²) in [6.45, 7) is 0. The molecular formula is C9H7F5N2O. The minimum absolute atomic E-state index is 0.0271. The Balaban J connectivity index is 2.99. The van der Waals surface area contributed by atoms with Crippen molar-refractivity contribution in [1.82, 2.24) is 0 Å². The summed E-state index contributed by atoms with van der Waals surface area (Å²) >= 11 is 0. The molecule has 3 nitrogen and oxygen atoms in total. The fourth-order valence-electron chi connectivity index (χ4n) is 1.07. The molecule has 0 aliphatic rings. The number of anilines is 1. The minimum atomic E-state index is -5.66. The summed E-state index contributed by atoms with van der Waals surface area (Å²) in [5, 5.41) is 2.03. The van der Waals surface area contributed by atoms with E-state index in [0.717, 1.165) is 12.1 Å². The molecule has 1 aromatic carbocycles. The normalized spacial score (nSPS) is 12.3. The zero-order valence-electron chi connectivity index (χ0n) is 8.18. The molecule has 0 aromatic heterocycles. The van der Waals surface area contributed by atoms with Crippen LogP contribution in [0.2, 0.25) is 0 Å². The molecule has 0 heterocycles. The number of nitrogens with one attached hydrogen (secondary N) is 1. The number of primary amides is 1. The lowest BCUT2D eigenvalue weighted by molar-refractivity contribution is -0.289. The first-order valence-corrected chi connectivity index (χ1v) is 4.26. The Kier molecular flexibility index (Phi) is 3.25. The van der Waals surface area contributed by atoms with Crippen LogP contribution in [0.5, 0.6) is 0 Å². The van der Waals surface area contributed by atoms with Gasteiger partial charge >= 0.3 is 18.1 Å². The van der Waals surface area contributed by atoms with Crippen LogP contribution in [0, 0.1) is 0 Å². The van der Waals surface area contributed by atoms with Gasteiger partial charge in [0.05, 0.1) is 0 Å². The van der Waals surface area contributed by atoms with E-state index < -0.39 is 23.7 Å². The monoisotopic (exact) mass is 254 g/mol. The second-order valence-electron chi connectivity index (χ2n) is 3.14. The number of amides is 2. The number of alkyl halides is 5. The third kappa shape index (κ3) is 2.83. The highest BCUT2D eigenvalue weighted by Gasteiger charge is 2.58. The lowest BCUT2D eigenvalue weighted by Crippen LogP contribution is -2.33. The first kappa shape index (κ1) is 13.2. The molecule has 94 valence electrons. The predicted molar refractivity (Wildman–Crippen MR) is 49.6 cm³/mol. The zero-order chi connectivity index (χ0) is 13.3. The number of hydrogen-bond acceptors (Lipinski definition) is 1. The highest BCUT2D eigenvalue weighted by atomic mass is 19.4. The van der Waals surface area contributed by atoms with Crippen LogP contribution in [-0.2, 0) is 5.92 Å². The van der Waals surface area contributed by atoms with E-state index in [1.54, 1.807) is 0 Å². The quantitative estimate of drug-likeness (QED) is 0.783. The number of urea groups is 1. The van der Waals surface area contributed by atoms with E-state index in [0.29, 0.717) is 12.1 Å². The van der Waals surface area contributed by atoms with Gasteiger partial charge in [0.15, 0.2) is 0 Å². The Labute approximate surface area is 92.4 Å². The molecule has 0 fully saturated rings. The van der Waals surface area contributed by atoms with Gasteiger partial charge < -0.3 is 11.1 Å². The van der Waals surface area contributed by atoms with Crippen molar-refractivity contribution < 1.29 is 26.7 Å². The van der Waals surface area contributed by atoms with Gasteiger partial charge in [0, 0.05) is 11.3 Å². The fraction of sp³-hybridized carbons (Fsp3) is 0.222. The van der Waals surface area contributed by atoms with Crippen LogP contribution in [0.25, 0.3) is 0 Å². The maximum absolute atomic E-state index is 12.8. The molecule has 17 heavy (non-hydrogen) atoms. The highest BCUT2D eigenvalue weighted by Crippen LogP contribution is 2.43. The number of halogens is 5. The van der Waals surface area contributed by atoms with Crippen LogP contribution in [0.15, 0.2) is 24.3 Å². The summed E-state index contributed by atoms with van der Waals surface area (Å²) in [5.41, 5.74) is 3.56. The molecule has 0 unspecified atom stereocenters. The van der Waals surface area contributed by atoms with Crippen molar-refractivity contribution in [2.45, 2.75) is 12.1 Å². The maximum atomic E-state index is 12.8. The van der Waals surface area contributed by atoms with Gasteiger partial charge in [-0.05, 0) is 12.1 Å². The van der Waals surface area contributed by atoms with Crippen molar-refractivity contribution in [1.29, 1.82) is 0 Å². The minimum Gasteiger partial charge on any atom is -0.351 e. The Morgan fingerprint density at radius 2 is 1.53 bits per heavy atom. The summed E-state index contributed by atoms with van der Waals surface area (Å²) in [4.78, 5) is 10.4. The van der Waals surface area contributed by atoms with Gasteiger partial charge in [-0.1, -0.05) is 12.1 Å². The molecule has 1 aromatic rings. The third-order valence-electron chi connectivity index (χ3n) is 1.87. The first-order valence-electron chi connectivity index (χ1n) is 4.26. The van der Waals surface area contributed by atoms with Gasteiger partial charge in [-0.15, -0.1) is 0 Å². The van der Waals surface area contributed by atoms with Crippen molar-refractivity contribution in [3.63, 3.8) is 0 Å². The van der Waals surface area contributed by atoms with Crippen molar-refractivity contribution in [3.8, 4) is 0 Å². The SMILES string of the molecule is NC(=O)Nc1ccc(C(F)(F)C(F)(F)F)cc1. The molecule has 0 atom stereocenters. The number of benzene rings is 1. The van der Waals surface area contributed by atoms with Crippen LogP contribution >= 0.6 is 0 Å². The molecule has 8 heteroatoms. The van der Waals surface area contributed by atoms with Crippen LogP contribution < -0.4 is 11.1 Å². The molecule has 1 rings (SSSR count). The maximum Gasteiger partial charge on any atom is 0.458 e. The summed E-state index contributed by atoms with van der Waals surface area (Å²) in [7, 11) is 0. The Bertz CT molecular complexity index is 412. The topological polar surface area (TPSA) is 55.1 Å². The van der Waals surface area contributed by atoms with Crippen molar-refractivity contribution in [2.75, 3.05) is 5.32 Å². The average molecular weight is 254 g/mol. The number of hydrogen-bond donors (Lipinski definition) is 2. The van der Waals surface area contributed by atoms with Crippen molar-refractivity contribution >= 4 is 11.7 Å². The van der Waals surface area contributed by atoms with E-state index in [-0.39, 0.29) is 5.69 Å². The van der Waals surface area contributed by atoms with E-state index in [1.807, 2.05) is 5.32 Å².